The molecule has 0 aromatic heterocycles. The molecule has 19 heavy (non-hydrogen) atoms. The first-order valence-electron chi connectivity index (χ1n) is 6.24. The largest absolute Gasteiger partial charge is 0.457 e. The third-order valence-corrected chi connectivity index (χ3v) is 4.50. The van der Waals surface area contributed by atoms with Gasteiger partial charge in [-0.25, -0.2) is 9.79 Å². The minimum Gasteiger partial charge on any atom is -0.457 e. The van der Waals surface area contributed by atoms with E-state index < -0.39 is 42.0 Å². The number of aliphatic hydroxyl groups is 3. The van der Waals surface area contributed by atoms with Crippen molar-refractivity contribution >= 4 is 11.9 Å². The molecule has 3 rings (SSSR count). The van der Waals surface area contributed by atoms with Gasteiger partial charge in [0, 0.05) is 5.92 Å². The van der Waals surface area contributed by atoms with E-state index in [4.69, 9.17) is 10.5 Å². The predicted molar refractivity (Wildman–Crippen MR) is 62.7 cm³/mol. The Bertz CT molecular complexity index is 456. The van der Waals surface area contributed by atoms with Crippen molar-refractivity contribution in [1.29, 1.82) is 0 Å². The maximum atomic E-state index is 11.8. The van der Waals surface area contributed by atoms with Crippen LogP contribution in [-0.2, 0) is 9.53 Å². The van der Waals surface area contributed by atoms with Crippen LogP contribution in [0.5, 0.6) is 0 Å². The van der Waals surface area contributed by atoms with E-state index in [1.807, 2.05) is 6.92 Å². The molecule has 1 aliphatic carbocycles. The molecule has 0 aromatic rings. The van der Waals surface area contributed by atoms with E-state index in [0.717, 1.165) is 0 Å². The highest BCUT2D eigenvalue weighted by Gasteiger charge is 2.67. The van der Waals surface area contributed by atoms with Gasteiger partial charge in [-0.3, -0.25) is 0 Å². The lowest BCUT2D eigenvalue weighted by Gasteiger charge is -2.58. The normalized spacial score (nSPS) is 52.6. The van der Waals surface area contributed by atoms with E-state index in [9.17, 15) is 20.1 Å². The van der Waals surface area contributed by atoms with Gasteiger partial charge in [0.1, 0.15) is 17.7 Å². The molecular weight excluding hydrogens is 254 g/mol. The summed E-state index contributed by atoms with van der Waals surface area (Å²) in [5.41, 5.74) is 4.14. The number of nitrogens with one attached hydrogen (secondary N) is 1. The fourth-order valence-electron chi connectivity index (χ4n) is 3.56. The number of nitrogens with two attached hydrogens (primary N) is 1. The molecule has 2 aliphatic heterocycles. The minimum atomic E-state index is -1.60. The molecule has 2 fully saturated rings. The van der Waals surface area contributed by atoms with E-state index >= 15 is 0 Å². The van der Waals surface area contributed by atoms with Gasteiger partial charge >= 0.3 is 5.97 Å². The molecule has 2 bridgehead atoms. The van der Waals surface area contributed by atoms with E-state index in [1.54, 1.807) is 0 Å². The number of guanidine groups is 1. The van der Waals surface area contributed by atoms with Crippen LogP contribution in [0.25, 0.3) is 0 Å². The summed E-state index contributed by atoms with van der Waals surface area (Å²) in [4.78, 5) is 15.6. The van der Waals surface area contributed by atoms with Crippen LogP contribution in [-0.4, -0.2) is 57.3 Å². The fraction of sp³-hybridized carbons (Fsp3) is 0.818. The highest BCUT2D eigenvalue weighted by atomic mass is 16.6. The monoisotopic (exact) mass is 271 g/mol. The van der Waals surface area contributed by atoms with Gasteiger partial charge in [0.15, 0.2) is 18.3 Å². The Morgan fingerprint density at radius 2 is 2.16 bits per heavy atom. The van der Waals surface area contributed by atoms with E-state index in [-0.39, 0.29) is 11.9 Å². The lowest BCUT2D eigenvalue weighted by atomic mass is 9.61. The number of aliphatic imine (C=N–C) groups is 1. The van der Waals surface area contributed by atoms with Crippen LogP contribution in [0.1, 0.15) is 13.3 Å². The third-order valence-electron chi connectivity index (χ3n) is 4.50. The van der Waals surface area contributed by atoms with Gasteiger partial charge in [-0.1, -0.05) is 6.92 Å². The first-order chi connectivity index (χ1) is 8.87. The number of esters is 1. The molecule has 1 saturated heterocycles. The van der Waals surface area contributed by atoms with Crippen LogP contribution in [0.15, 0.2) is 4.99 Å². The molecule has 7 atom stereocenters. The number of hydrogen-bond donors (Lipinski definition) is 5. The van der Waals surface area contributed by atoms with Gasteiger partial charge in [0.2, 0.25) is 0 Å². The SMILES string of the molecule is C[C@@H]1CC2[C@@H](O)N=C(N)N[C@]23[C@H](O)C(=O)O[C@H]1[C@H]3O. The van der Waals surface area contributed by atoms with E-state index in [0.29, 0.717) is 6.42 Å². The quantitative estimate of drug-likeness (QED) is 0.301. The average molecular weight is 271 g/mol. The Kier molecular flexibility index (Phi) is 2.54. The summed E-state index contributed by atoms with van der Waals surface area (Å²) in [6.07, 6.45) is -4.19. The Hall–Kier alpha value is -1.38. The van der Waals surface area contributed by atoms with Crippen LogP contribution < -0.4 is 11.1 Å². The van der Waals surface area contributed by atoms with Crippen LogP contribution in [0.2, 0.25) is 0 Å². The zero-order valence-electron chi connectivity index (χ0n) is 10.4. The van der Waals surface area contributed by atoms with Crippen molar-refractivity contribution in [2.75, 3.05) is 0 Å². The van der Waals surface area contributed by atoms with Gasteiger partial charge < -0.3 is 31.1 Å². The van der Waals surface area contributed by atoms with Crippen molar-refractivity contribution in [3.8, 4) is 0 Å². The van der Waals surface area contributed by atoms with Crippen molar-refractivity contribution in [2.24, 2.45) is 22.6 Å². The molecule has 1 unspecified atom stereocenters. The molecule has 0 aromatic carbocycles. The smallest absolute Gasteiger partial charge is 0.337 e. The van der Waals surface area contributed by atoms with Crippen LogP contribution in [0, 0.1) is 11.8 Å². The number of fused-ring (bicyclic) bond motifs is 1. The molecule has 8 heteroatoms. The Labute approximate surface area is 109 Å². The second-order valence-electron chi connectivity index (χ2n) is 5.55. The summed E-state index contributed by atoms with van der Waals surface area (Å²) in [5, 5.41) is 33.3. The van der Waals surface area contributed by atoms with Gasteiger partial charge in [-0.15, -0.1) is 0 Å². The maximum absolute atomic E-state index is 11.8. The number of carbonyl (C=O) groups excluding carboxylic acids is 1. The van der Waals surface area contributed by atoms with E-state index in [1.165, 1.54) is 0 Å². The van der Waals surface area contributed by atoms with E-state index in [2.05, 4.69) is 10.3 Å². The van der Waals surface area contributed by atoms with Crippen LogP contribution in [0.4, 0.5) is 0 Å². The summed E-state index contributed by atoms with van der Waals surface area (Å²) >= 11 is 0. The lowest BCUT2D eigenvalue weighted by Crippen LogP contribution is -2.81. The van der Waals surface area contributed by atoms with Crippen molar-refractivity contribution < 1.29 is 24.9 Å². The zero-order chi connectivity index (χ0) is 13.9. The second-order valence-corrected chi connectivity index (χ2v) is 5.55. The molecule has 1 saturated carbocycles. The molecule has 2 heterocycles. The zero-order valence-corrected chi connectivity index (χ0v) is 10.4. The molecule has 0 amide bonds. The summed E-state index contributed by atoms with van der Waals surface area (Å²) in [6.45, 7) is 1.82. The maximum Gasteiger partial charge on any atom is 0.337 e. The first kappa shape index (κ1) is 12.6. The van der Waals surface area contributed by atoms with Gasteiger partial charge in [0.05, 0.1) is 0 Å². The topological polar surface area (TPSA) is 137 Å². The number of hydrogen-bond acceptors (Lipinski definition) is 8. The summed E-state index contributed by atoms with van der Waals surface area (Å²) < 4.78 is 5.07. The van der Waals surface area contributed by atoms with Gasteiger partial charge in [0.25, 0.3) is 0 Å². The fourth-order valence-corrected chi connectivity index (χ4v) is 3.56. The number of rotatable bonds is 0. The molecule has 8 nitrogen and oxygen atoms in total. The molecule has 0 radical (unpaired) electrons. The molecule has 1 spiro atoms. The average Bonchev–Trinajstić information content (AvgIpc) is 2.33. The predicted octanol–water partition coefficient (Wildman–Crippen LogP) is -2.74. The Morgan fingerprint density at radius 3 is 2.84 bits per heavy atom. The molecule has 6 N–H and O–H groups in total. The number of nitrogens with zero attached hydrogens (tertiary/aromatic N) is 1. The molecule has 3 aliphatic rings. The standard InChI is InChI=1S/C11H17N3O5/c1-3-2-4-8(17)13-10(12)14-11(4)6(15)5(3)19-9(18)7(11)16/h3-8,15-17H,2H2,1H3,(H3,12,13,14)/t3-,4?,5-,6-,7-,8-,11-/m1/s1. The van der Waals surface area contributed by atoms with Crippen LogP contribution >= 0.6 is 0 Å². The second kappa shape index (κ2) is 3.81. The summed E-state index contributed by atoms with van der Waals surface area (Å²) in [5.74, 6) is -1.68. The van der Waals surface area contributed by atoms with Crippen molar-refractivity contribution in [1.82, 2.24) is 5.32 Å². The first-order valence-corrected chi connectivity index (χ1v) is 6.24. The third kappa shape index (κ3) is 1.44. The van der Waals surface area contributed by atoms with Crippen molar-refractivity contribution in [2.45, 2.75) is 43.4 Å². The van der Waals surface area contributed by atoms with Gasteiger partial charge in [-0.05, 0) is 12.3 Å². The lowest BCUT2D eigenvalue weighted by molar-refractivity contribution is -0.235. The minimum absolute atomic E-state index is 0.107. The van der Waals surface area contributed by atoms with Crippen LogP contribution in [0.3, 0.4) is 0 Å². The van der Waals surface area contributed by atoms with Gasteiger partial charge in [-0.2, -0.15) is 0 Å². The highest BCUT2D eigenvalue weighted by molar-refractivity contribution is 5.84. The number of aliphatic hydroxyl groups excluding tert-OH is 3. The molecule has 106 valence electrons. The summed E-state index contributed by atoms with van der Waals surface area (Å²) in [7, 11) is 0. The Balaban J connectivity index is 2.13. The summed E-state index contributed by atoms with van der Waals surface area (Å²) in [6, 6.07) is 0. The molecular formula is C11H17N3O5. The van der Waals surface area contributed by atoms with Crippen molar-refractivity contribution in [3.05, 3.63) is 0 Å². The number of carbonyl (C=O) groups is 1. The highest BCUT2D eigenvalue weighted by Crippen LogP contribution is 2.47. The van der Waals surface area contributed by atoms with Crippen molar-refractivity contribution in [3.63, 3.8) is 0 Å². The number of ether oxygens (including phenoxy) is 1. The Morgan fingerprint density at radius 1 is 1.47 bits per heavy atom.